The van der Waals surface area contributed by atoms with Gasteiger partial charge in [-0.25, -0.2) is 0 Å². The molecule has 3 fully saturated rings. The lowest BCUT2D eigenvalue weighted by molar-refractivity contribution is -0.0474. The fraction of sp³-hybridized carbons (Fsp3) is 1.00. The lowest BCUT2D eigenvalue weighted by Gasteiger charge is -2.49. The van der Waals surface area contributed by atoms with Gasteiger partial charge in [0, 0.05) is 0 Å². The third-order valence-electron chi connectivity index (χ3n) is 5.47. The van der Waals surface area contributed by atoms with Crippen molar-refractivity contribution in [2.75, 3.05) is 0 Å². The molecule has 5 atom stereocenters. The average Bonchev–Trinajstić information content (AvgIpc) is 2.29. The first-order valence-electron chi connectivity index (χ1n) is 7.04. The maximum Gasteiger partial charge on any atom is 0.0571 e. The molecule has 1 N–H and O–H groups in total. The molecule has 0 bridgehead atoms. The Hall–Kier alpha value is -0.0400. The molecular formula is C14H24O. The highest BCUT2D eigenvalue weighted by Gasteiger charge is 2.43. The van der Waals surface area contributed by atoms with Crippen molar-refractivity contribution < 1.29 is 5.11 Å². The maximum absolute atomic E-state index is 10.1. The van der Waals surface area contributed by atoms with Crippen molar-refractivity contribution in [3.63, 3.8) is 0 Å². The monoisotopic (exact) mass is 208 g/mol. The zero-order chi connectivity index (χ0) is 10.3. The van der Waals surface area contributed by atoms with Crippen LogP contribution >= 0.6 is 0 Å². The van der Waals surface area contributed by atoms with E-state index in [9.17, 15) is 5.11 Å². The second kappa shape index (κ2) is 4.08. The van der Waals surface area contributed by atoms with Crippen molar-refractivity contribution in [3.8, 4) is 0 Å². The van der Waals surface area contributed by atoms with Crippen LogP contribution in [0.5, 0.6) is 0 Å². The molecule has 0 aromatic rings. The topological polar surface area (TPSA) is 20.2 Å². The first-order valence-corrected chi connectivity index (χ1v) is 7.04. The number of hydrogen-bond acceptors (Lipinski definition) is 1. The fourth-order valence-corrected chi connectivity index (χ4v) is 4.78. The third-order valence-corrected chi connectivity index (χ3v) is 5.47. The van der Waals surface area contributed by atoms with Crippen molar-refractivity contribution in [2.24, 2.45) is 23.7 Å². The lowest BCUT2D eigenvalue weighted by Crippen LogP contribution is -2.43. The number of hydrogen-bond donors (Lipinski definition) is 1. The predicted octanol–water partition coefficient (Wildman–Crippen LogP) is 3.36. The minimum Gasteiger partial charge on any atom is -0.393 e. The van der Waals surface area contributed by atoms with Crippen LogP contribution in [0, 0.1) is 23.7 Å². The van der Waals surface area contributed by atoms with E-state index in [-0.39, 0.29) is 6.10 Å². The van der Waals surface area contributed by atoms with Crippen LogP contribution in [0.1, 0.15) is 57.8 Å². The molecule has 0 saturated heterocycles. The normalized spacial score (nSPS) is 50.6. The summed E-state index contributed by atoms with van der Waals surface area (Å²) >= 11 is 0. The Balaban J connectivity index is 1.76. The number of aliphatic hydroxyl groups excluding tert-OH is 1. The molecule has 0 spiro atoms. The minimum atomic E-state index is 0.0478. The molecule has 3 aliphatic rings. The Bertz CT molecular complexity index is 225. The van der Waals surface area contributed by atoms with Gasteiger partial charge in [-0.15, -0.1) is 0 Å². The standard InChI is InChI=1S/C14H24O/c15-14-7-3-6-12-11-5-2-1-4-10(11)8-9-13(12)14/h10-15H,1-9H2. The zero-order valence-corrected chi connectivity index (χ0v) is 9.70. The van der Waals surface area contributed by atoms with Crippen molar-refractivity contribution in [1.29, 1.82) is 0 Å². The third kappa shape index (κ3) is 1.73. The molecule has 3 aliphatic carbocycles. The molecule has 1 nitrogen and oxygen atoms in total. The van der Waals surface area contributed by atoms with Gasteiger partial charge in [-0.3, -0.25) is 0 Å². The van der Waals surface area contributed by atoms with Gasteiger partial charge >= 0.3 is 0 Å². The van der Waals surface area contributed by atoms with E-state index in [0.29, 0.717) is 5.92 Å². The lowest BCUT2D eigenvalue weighted by atomic mass is 9.57. The van der Waals surface area contributed by atoms with Gasteiger partial charge < -0.3 is 5.11 Å². The molecule has 0 aromatic carbocycles. The molecule has 15 heavy (non-hydrogen) atoms. The molecule has 86 valence electrons. The summed E-state index contributed by atoms with van der Waals surface area (Å²) in [7, 11) is 0. The summed E-state index contributed by atoms with van der Waals surface area (Å²) in [5.41, 5.74) is 0. The van der Waals surface area contributed by atoms with Gasteiger partial charge in [0.05, 0.1) is 6.10 Å². The summed E-state index contributed by atoms with van der Waals surface area (Å²) in [5, 5.41) is 10.1. The molecule has 0 amide bonds. The van der Waals surface area contributed by atoms with Crippen LogP contribution in [0.4, 0.5) is 0 Å². The Morgan fingerprint density at radius 3 is 2.33 bits per heavy atom. The Morgan fingerprint density at radius 2 is 1.40 bits per heavy atom. The van der Waals surface area contributed by atoms with E-state index in [4.69, 9.17) is 0 Å². The summed E-state index contributed by atoms with van der Waals surface area (Å²) in [6.45, 7) is 0. The van der Waals surface area contributed by atoms with Crippen LogP contribution in [-0.2, 0) is 0 Å². The molecular weight excluding hydrogens is 184 g/mol. The Kier molecular flexibility index (Phi) is 2.76. The van der Waals surface area contributed by atoms with E-state index < -0.39 is 0 Å². The van der Waals surface area contributed by atoms with Crippen LogP contribution in [0.15, 0.2) is 0 Å². The SMILES string of the molecule is OC1CCCC2C1CCC1CCCCC12. The molecule has 0 heterocycles. The molecule has 3 saturated carbocycles. The van der Waals surface area contributed by atoms with Gasteiger partial charge in [0.1, 0.15) is 0 Å². The molecule has 3 rings (SSSR count). The van der Waals surface area contributed by atoms with Crippen LogP contribution in [0.25, 0.3) is 0 Å². The van der Waals surface area contributed by atoms with Gasteiger partial charge in [0.15, 0.2) is 0 Å². The molecule has 0 radical (unpaired) electrons. The van der Waals surface area contributed by atoms with E-state index in [0.717, 1.165) is 24.2 Å². The zero-order valence-electron chi connectivity index (χ0n) is 9.70. The van der Waals surface area contributed by atoms with Crippen molar-refractivity contribution in [2.45, 2.75) is 63.9 Å². The van der Waals surface area contributed by atoms with E-state index in [1.807, 2.05) is 0 Å². The molecule has 5 unspecified atom stereocenters. The van der Waals surface area contributed by atoms with Crippen molar-refractivity contribution in [1.82, 2.24) is 0 Å². The van der Waals surface area contributed by atoms with Crippen molar-refractivity contribution in [3.05, 3.63) is 0 Å². The molecule has 0 aromatic heterocycles. The fourth-order valence-electron chi connectivity index (χ4n) is 4.78. The van der Waals surface area contributed by atoms with Crippen LogP contribution in [0.2, 0.25) is 0 Å². The predicted molar refractivity (Wildman–Crippen MR) is 61.5 cm³/mol. The number of aliphatic hydroxyl groups is 1. The second-order valence-corrected chi connectivity index (χ2v) is 6.11. The van der Waals surface area contributed by atoms with Crippen LogP contribution in [-0.4, -0.2) is 11.2 Å². The first-order chi connectivity index (χ1) is 7.36. The number of rotatable bonds is 0. The summed E-state index contributed by atoms with van der Waals surface area (Å²) < 4.78 is 0. The van der Waals surface area contributed by atoms with Gasteiger partial charge in [0.25, 0.3) is 0 Å². The summed E-state index contributed by atoms with van der Waals surface area (Å²) in [6, 6.07) is 0. The quantitative estimate of drug-likeness (QED) is 0.647. The molecule has 0 aliphatic heterocycles. The smallest absolute Gasteiger partial charge is 0.0571 e. The van der Waals surface area contributed by atoms with Gasteiger partial charge in [0.2, 0.25) is 0 Å². The highest BCUT2D eigenvalue weighted by atomic mass is 16.3. The summed E-state index contributed by atoms with van der Waals surface area (Å²) in [5.74, 6) is 3.60. The van der Waals surface area contributed by atoms with E-state index in [1.165, 1.54) is 51.4 Å². The van der Waals surface area contributed by atoms with Gasteiger partial charge in [-0.2, -0.15) is 0 Å². The van der Waals surface area contributed by atoms with Crippen LogP contribution in [0.3, 0.4) is 0 Å². The largest absolute Gasteiger partial charge is 0.393 e. The molecule has 1 heteroatoms. The van der Waals surface area contributed by atoms with Gasteiger partial charge in [-0.05, 0) is 55.8 Å². The van der Waals surface area contributed by atoms with Crippen LogP contribution < -0.4 is 0 Å². The Morgan fingerprint density at radius 1 is 0.600 bits per heavy atom. The van der Waals surface area contributed by atoms with Crippen molar-refractivity contribution >= 4 is 0 Å². The first kappa shape index (κ1) is 10.1. The minimum absolute atomic E-state index is 0.0478. The summed E-state index contributed by atoms with van der Waals surface area (Å²) in [4.78, 5) is 0. The average molecular weight is 208 g/mol. The van der Waals surface area contributed by atoms with E-state index >= 15 is 0 Å². The maximum atomic E-state index is 10.1. The number of fused-ring (bicyclic) bond motifs is 3. The second-order valence-electron chi connectivity index (χ2n) is 6.11. The summed E-state index contributed by atoms with van der Waals surface area (Å²) in [6.07, 6.45) is 12.5. The Labute approximate surface area is 93.3 Å². The highest BCUT2D eigenvalue weighted by molar-refractivity contribution is 4.94. The van der Waals surface area contributed by atoms with E-state index in [2.05, 4.69) is 0 Å². The van der Waals surface area contributed by atoms with Gasteiger partial charge in [-0.1, -0.05) is 25.7 Å². The highest BCUT2D eigenvalue weighted by Crippen LogP contribution is 2.51. The van der Waals surface area contributed by atoms with E-state index in [1.54, 1.807) is 0 Å².